The normalized spacial score (nSPS) is 12.4. The fourth-order valence-electron chi connectivity index (χ4n) is 3.98. The van der Waals surface area contributed by atoms with Crippen molar-refractivity contribution in [3.05, 3.63) is 0 Å². The number of hydrogen-bond acceptors (Lipinski definition) is 2. The van der Waals surface area contributed by atoms with E-state index < -0.39 is 0 Å². The van der Waals surface area contributed by atoms with Gasteiger partial charge in [-0.25, -0.2) is 0 Å². The minimum absolute atomic E-state index is 0.201. The van der Waals surface area contributed by atoms with Crippen LogP contribution >= 0.6 is 0 Å². The van der Waals surface area contributed by atoms with Gasteiger partial charge in [0.2, 0.25) is 0 Å². The van der Waals surface area contributed by atoms with Gasteiger partial charge in [0.15, 0.2) is 0 Å². The van der Waals surface area contributed by atoms with E-state index in [2.05, 4.69) is 13.8 Å². The number of hydrogen-bond donors (Lipinski definition) is 1. The molecule has 168 valence electrons. The summed E-state index contributed by atoms with van der Waals surface area (Å²) in [6, 6.07) is -0.201. The van der Waals surface area contributed by atoms with E-state index in [1.165, 1.54) is 116 Å². The van der Waals surface area contributed by atoms with Crippen molar-refractivity contribution < 1.29 is 4.79 Å². The summed E-state index contributed by atoms with van der Waals surface area (Å²) >= 11 is 0. The molecule has 0 aliphatic rings. The van der Waals surface area contributed by atoms with Crippen LogP contribution in [0.2, 0.25) is 0 Å². The molecule has 0 heterocycles. The van der Waals surface area contributed by atoms with E-state index in [-0.39, 0.29) is 6.04 Å². The summed E-state index contributed by atoms with van der Waals surface area (Å²) in [6.07, 6.45) is 28.1. The Hall–Kier alpha value is -0.370. The zero-order valence-electron chi connectivity index (χ0n) is 19.6. The van der Waals surface area contributed by atoms with Crippen molar-refractivity contribution in [2.24, 2.45) is 5.73 Å². The molecule has 0 aliphatic heterocycles. The van der Waals surface area contributed by atoms with Gasteiger partial charge >= 0.3 is 0 Å². The summed E-state index contributed by atoms with van der Waals surface area (Å²) in [7, 11) is 0. The number of Topliss-reactive ketones (excluding diaryl/α,β-unsaturated/α-hetero) is 1. The van der Waals surface area contributed by atoms with Gasteiger partial charge in [-0.1, -0.05) is 136 Å². The fourth-order valence-corrected chi connectivity index (χ4v) is 3.98. The Balaban J connectivity index is 3.31. The quantitative estimate of drug-likeness (QED) is 0.176. The van der Waals surface area contributed by atoms with Crippen molar-refractivity contribution in [2.75, 3.05) is 0 Å². The summed E-state index contributed by atoms with van der Waals surface area (Å²) in [5, 5.41) is 0. The molecule has 1 unspecified atom stereocenters. The monoisotopic (exact) mass is 395 g/mol. The first-order valence-corrected chi connectivity index (χ1v) is 13.0. The van der Waals surface area contributed by atoms with E-state index in [9.17, 15) is 4.79 Å². The lowest BCUT2D eigenvalue weighted by atomic mass is 9.99. The summed E-state index contributed by atoms with van der Waals surface area (Å²) in [5.41, 5.74) is 6.10. The predicted molar refractivity (Wildman–Crippen MR) is 126 cm³/mol. The maximum atomic E-state index is 12.1. The Morgan fingerprint density at radius 3 is 1.25 bits per heavy atom. The summed E-state index contributed by atoms with van der Waals surface area (Å²) in [5.74, 6) is 0.301. The van der Waals surface area contributed by atoms with Gasteiger partial charge in [0.25, 0.3) is 0 Å². The van der Waals surface area contributed by atoms with Crippen LogP contribution in [0.15, 0.2) is 0 Å². The Morgan fingerprint density at radius 1 is 0.536 bits per heavy atom. The molecule has 0 bridgehead atoms. The van der Waals surface area contributed by atoms with E-state index in [1.807, 2.05) is 0 Å². The molecule has 28 heavy (non-hydrogen) atoms. The number of unbranched alkanes of at least 4 members (excludes halogenated alkanes) is 18. The van der Waals surface area contributed by atoms with Crippen LogP contribution in [0.4, 0.5) is 0 Å². The van der Waals surface area contributed by atoms with Crippen molar-refractivity contribution >= 4 is 5.78 Å². The minimum Gasteiger partial charge on any atom is -0.322 e. The van der Waals surface area contributed by atoms with Gasteiger partial charge in [-0.2, -0.15) is 0 Å². The zero-order chi connectivity index (χ0) is 20.7. The molecule has 0 aliphatic carbocycles. The third-order valence-electron chi connectivity index (χ3n) is 6.06. The van der Waals surface area contributed by atoms with Crippen LogP contribution in [0.3, 0.4) is 0 Å². The highest BCUT2D eigenvalue weighted by molar-refractivity contribution is 5.83. The number of nitrogens with two attached hydrogens (primary N) is 1. The molecular formula is C26H53NO. The van der Waals surface area contributed by atoms with Crippen LogP contribution in [0.5, 0.6) is 0 Å². The molecule has 0 aromatic rings. The number of ketones is 1. The smallest absolute Gasteiger partial charge is 0.149 e. The molecule has 2 nitrogen and oxygen atoms in total. The van der Waals surface area contributed by atoms with E-state index in [0.717, 1.165) is 19.3 Å². The third-order valence-corrected chi connectivity index (χ3v) is 6.06. The largest absolute Gasteiger partial charge is 0.322 e. The van der Waals surface area contributed by atoms with Crippen LogP contribution in [0, 0.1) is 0 Å². The molecule has 0 aromatic heterocycles. The number of carbonyl (C=O) groups is 1. The second-order valence-corrected chi connectivity index (χ2v) is 8.98. The lowest BCUT2D eigenvalue weighted by Gasteiger charge is -2.10. The van der Waals surface area contributed by atoms with Crippen molar-refractivity contribution in [3.8, 4) is 0 Å². The third kappa shape index (κ3) is 20.4. The summed E-state index contributed by atoms with van der Waals surface area (Å²) < 4.78 is 0. The number of carbonyl (C=O) groups excluding carboxylic acids is 1. The van der Waals surface area contributed by atoms with Crippen LogP contribution in [-0.4, -0.2) is 11.8 Å². The standard InChI is InChI=1S/C26H53NO/c1-3-5-7-9-11-13-14-16-17-19-21-23-25(27)26(28)24-22-20-18-15-12-10-8-6-4-2/h25H,3-24,27H2,1-2H3. The number of rotatable bonds is 23. The highest BCUT2D eigenvalue weighted by Gasteiger charge is 2.12. The molecule has 1 atom stereocenters. The highest BCUT2D eigenvalue weighted by atomic mass is 16.1. The zero-order valence-corrected chi connectivity index (χ0v) is 19.6. The van der Waals surface area contributed by atoms with Crippen LogP contribution < -0.4 is 5.73 Å². The lowest BCUT2D eigenvalue weighted by Crippen LogP contribution is -2.30. The van der Waals surface area contributed by atoms with Crippen LogP contribution in [-0.2, 0) is 4.79 Å². The highest BCUT2D eigenvalue weighted by Crippen LogP contribution is 2.14. The van der Waals surface area contributed by atoms with Gasteiger partial charge in [-0.05, 0) is 12.8 Å². The minimum atomic E-state index is -0.201. The Bertz CT molecular complexity index is 316. The molecule has 0 amide bonds. The Morgan fingerprint density at radius 2 is 0.857 bits per heavy atom. The second-order valence-electron chi connectivity index (χ2n) is 8.98. The average molecular weight is 396 g/mol. The Labute approximate surface area is 177 Å². The lowest BCUT2D eigenvalue weighted by molar-refractivity contribution is -0.120. The van der Waals surface area contributed by atoms with Crippen molar-refractivity contribution in [1.29, 1.82) is 0 Å². The summed E-state index contributed by atoms with van der Waals surface area (Å²) in [4.78, 5) is 12.1. The molecule has 0 saturated carbocycles. The molecule has 0 spiro atoms. The van der Waals surface area contributed by atoms with Gasteiger partial charge in [-0.15, -0.1) is 0 Å². The van der Waals surface area contributed by atoms with Crippen molar-refractivity contribution in [2.45, 2.75) is 161 Å². The molecule has 2 heteroatoms. The molecule has 0 rings (SSSR count). The van der Waals surface area contributed by atoms with E-state index in [1.54, 1.807) is 0 Å². The molecular weight excluding hydrogens is 342 g/mol. The SMILES string of the molecule is CCCCCCCCCCCCCC(N)C(=O)CCCCCCCCCCC. The van der Waals surface area contributed by atoms with Gasteiger partial charge in [0.1, 0.15) is 5.78 Å². The van der Waals surface area contributed by atoms with Gasteiger partial charge in [0, 0.05) is 6.42 Å². The Kier molecular flexibility index (Phi) is 22.6. The van der Waals surface area contributed by atoms with Crippen molar-refractivity contribution in [1.82, 2.24) is 0 Å². The van der Waals surface area contributed by atoms with Crippen LogP contribution in [0.1, 0.15) is 155 Å². The summed E-state index contributed by atoms with van der Waals surface area (Å²) in [6.45, 7) is 4.54. The molecule has 2 N–H and O–H groups in total. The molecule has 0 fully saturated rings. The van der Waals surface area contributed by atoms with E-state index in [4.69, 9.17) is 5.73 Å². The first kappa shape index (κ1) is 27.6. The average Bonchev–Trinajstić information content (AvgIpc) is 2.70. The fraction of sp³-hybridized carbons (Fsp3) is 0.962. The molecule has 0 aromatic carbocycles. The predicted octanol–water partition coefficient (Wildman–Crippen LogP) is 8.50. The molecule has 0 saturated heterocycles. The van der Waals surface area contributed by atoms with E-state index in [0.29, 0.717) is 12.2 Å². The van der Waals surface area contributed by atoms with E-state index >= 15 is 0 Å². The maximum absolute atomic E-state index is 12.1. The first-order chi connectivity index (χ1) is 13.7. The second kappa shape index (κ2) is 22.9. The van der Waals surface area contributed by atoms with Gasteiger partial charge < -0.3 is 5.73 Å². The van der Waals surface area contributed by atoms with Gasteiger partial charge in [0.05, 0.1) is 6.04 Å². The topological polar surface area (TPSA) is 43.1 Å². The van der Waals surface area contributed by atoms with Crippen LogP contribution in [0.25, 0.3) is 0 Å². The molecule has 0 radical (unpaired) electrons. The maximum Gasteiger partial charge on any atom is 0.149 e. The van der Waals surface area contributed by atoms with Gasteiger partial charge in [-0.3, -0.25) is 4.79 Å². The van der Waals surface area contributed by atoms with Crippen molar-refractivity contribution in [3.63, 3.8) is 0 Å². The first-order valence-electron chi connectivity index (χ1n) is 13.0.